The molecule has 1 aliphatic rings. The SMILES string of the molecule is O=C(c1csc2ccccc12)N1CCCC(CCO)C1. The van der Waals surface area contributed by atoms with Crippen LogP contribution in [0.5, 0.6) is 0 Å². The molecule has 0 spiro atoms. The van der Waals surface area contributed by atoms with Gasteiger partial charge in [-0.25, -0.2) is 0 Å². The van der Waals surface area contributed by atoms with E-state index >= 15 is 0 Å². The summed E-state index contributed by atoms with van der Waals surface area (Å²) in [7, 11) is 0. The Balaban J connectivity index is 1.81. The van der Waals surface area contributed by atoms with Crippen molar-refractivity contribution in [2.45, 2.75) is 19.3 Å². The van der Waals surface area contributed by atoms with Gasteiger partial charge < -0.3 is 10.0 Å². The molecule has 1 fully saturated rings. The van der Waals surface area contributed by atoms with Crippen molar-refractivity contribution < 1.29 is 9.90 Å². The van der Waals surface area contributed by atoms with Crippen LogP contribution in [0.3, 0.4) is 0 Å². The molecule has 0 bridgehead atoms. The van der Waals surface area contributed by atoms with Crippen LogP contribution in [0.15, 0.2) is 29.6 Å². The van der Waals surface area contributed by atoms with Crippen molar-refractivity contribution in [3.05, 3.63) is 35.2 Å². The van der Waals surface area contributed by atoms with E-state index in [9.17, 15) is 4.79 Å². The van der Waals surface area contributed by atoms with Crippen molar-refractivity contribution in [1.29, 1.82) is 0 Å². The summed E-state index contributed by atoms with van der Waals surface area (Å²) in [6.07, 6.45) is 2.96. The number of aliphatic hydroxyl groups excluding tert-OH is 1. The van der Waals surface area contributed by atoms with E-state index in [-0.39, 0.29) is 12.5 Å². The molecule has 3 rings (SSSR count). The number of likely N-dealkylation sites (tertiary alicyclic amines) is 1. The molecule has 20 heavy (non-hydrogen) atoms. The van der Waals surface area contributed by atoms with Crippen LogP contribution in [0.25, 0.3) is 10.1 Å². The summed E-state index contributed by atoms with van der Waals surface area (Å²) in [6.45, 7) is 1.84. The molecule has 0 radical (unpaired) electrons. The van der Waals surface area contributed by atoms with Gasteiger partial charge in [0.15, 0.2) is 0 Å². The number of rotatable bonds is 3. The number of carbonyl (C=O) groups excluding carboxylic acids is 1. The maximum Gasteiger partial charge on any atom is 0.255 e. The largest absolute Gasteiger partial charge is 0.396 e. The van der Waals surface area contributed by atoms with Gasteiger partial charge in [0, 0.05) is 35.2 Å². The van der Waals surface area contributed by atoms with Crippen molar-refractivity contribution >= 4 is 27.3 Å². The molecule has 0 saturated carbocycles. The molecule has 1 aliphatic heterocycles. The number of piperidine rings is 1. The number of aliphatic hydroxyl groups is 1. The zero-order valence-corrected chi connectivity index (χ0v) is 12.2. The molecular formula is C16H19NO2S. The quantitative estimate of drug-likeness (QED) is 0.943. The smallest absolute Gasteiger partial charge is 0.255 e. The van der Waals surface area contributed by atoms with Gasteiger partial charge in [0.25, 0.3) is 5.91 Å². The lowest BCUT2D eigenvalue weighted by Crippen LogP contribution is -2.40. The van der Waals surface area contributed by atoms with Crippen molar-refractivity contribution in [2.24, 2.45) is 5.92 Å². The molecule has 1 N–H and O–H groups in total. The number of carbonyl (C=O) groups is 1. The Kier molecular flexibility index (Phi) is 4.03. The summed E-state index contributed by atoms with van der Waals surface area (Å²) in [4.78, 5) is 14.7. The first kappa shape index (κ1) is 13.6. The molecule has 4 heteroatoms. The van der Waals surface area contributed by atoms with Crippen molar-refractivity contribution in [1.82, 2.24) is 4.90 Å². The highest BCUT2D eigenvalue weighted by Gasteiger charge is 2.25. The van der Waals surface area contributed by atoms with E-state index in [1.807, 2.05) is 28.5 Å². The van der Waals surface area contributed by atoms with Crippen LogP contribution in [-0.4, -0.2) is 35.6 Å². The van der Waals surface area contributed by atoms with Gasteiger partial charge in [-0.1, -0.05) is 18.2 Å². The fourth-order valence-electron chi connectivity index (χ4n) is 2.98. The fraction of sp³-hybridized carbons (Fsp3) is 0.438. The normalized spacial score (nSPS) is 19.4. The molecule has 3 nitrogen and oxygen atoms in total. The molecule has 1 saturated heterocycles. The second-order valence-electron chi connectivity index (χ2n) is 5.42. The van der Waals surface area contributed by atoms with E-state index in [1.54, 1.807) is 11.3 Å². The first-order valence-electron chi connectivity index (χ1n) is 7.16. The predicted octanol–water partition coefficient (Wildman–Crippen LogP) is 3.14. The Labute approximate surface area is 122 Å². The van der Waals surface area contributed by atoms with Crippen LogP contribution in [0, 0.1) is 5.92 Å². The maximum absolute atomic E-state index is 12.7. The highest BCUT2D eigenvalue weighted by molar-refractivity contribution is 7.17. The second-order valence-corrected chi connectivity index (χ2v) is 6.33. The van der Waals surface area contributed by atoms with Crippen LogP contribution in [0.1, 0.15) is 29.6 Å². The molecule has 1 atom stereocenters. The van der Waals surface area contributed by atoms with Gasteiger partial charge in [-0.3, -0.25) is 4.79 Å². The fourth-order valence-corrected chi connectivity index (χ4v) is 3.92. The van der Waals surface area contributed by atoms with Crippen LogP contribution >= 0.6 is 11.3 Å². The Bertz CT molecular complexity index is 605. The van der Waals surface area contributed by atoms with Gasteiger partial charge in [0.05, 0.1) is 5.56 Å². The van der Waals surface area contributed by atoms with Gasteiger partial charge >= 0.3 is 0 Å². The van der Waals surface area contributed by atoms with Crippen molar-refractivity contribution in [2.75, 3.05) is 19.7 Å². The summed E-state index contributed by atoms with van der Waals surface area (Å²) in [6, 6.07) is 8.07. The minimum atomic E-state index is 0.144. The lowest BCUT2D eigenvalue weighted by Gasteiger charge is -2.32. The van der Waals surface area contributed by atoms with Crippen LogP contribution < -0.4 is 0 Å². The van der Waals surface area contributed by atoms with Gasteiger partial charge in [-0.15, -0.1) is 11.3 Å². The molecule has 2 aromatic rings. The van der Waals surface area contributed by atoms with Gasteiger partial charge in [0.2, 0.25) is 0 Å². The molecule has 1 aromatic carbocycles. The first-order valence-corrected chi connectivity index (χ1v) is 8.04. The zero-order valence-electron chi connectivity index (χ0n) is 11.4. The minimum absolute atomic E-state index is 0.144. The van der Waals surface area contributed by atoms with Gasteiger partial charge in [-0.05, 0) is 31.2 Å². The third kappa shape index (κ3) is 2.58. The van der Waals surface area contributed by atoms with E-state index in [4.69, 9.17) is 5.11 Å². The second kappa shape index (κ2) is 5.94. The van der Waals surface area contributed by atoms with Gasteiger partial charge in [-0.2, -0.15) is 0 Å². The molecule has 1 amide bonds. The standard InChI is InChI=1S/C16H19NO2S/c18-9-7-12-4-3-8-17(10-12)16(19)14-11-20-15-6-2-1-5-13(14)15/h1-2,5-6,11-12,18H,3-4,7-10H2. The van der Waals surface area contributed by atoms with E-state index in [0.717, 1.165) is 43.3 Å². The van der Waals surface area contributed by atoms with E-state index in [2.05, 4.69) is 6.07 Å². The number of thiophene rings is 1. The van der Waals surface area contributed by atoms with Crippen molar-refractivity contribution in [3.63, 3.8) is 0 Å². The third-order valence-electron chi connectivity index (χ3n) is 4.05. The average Bonchev–Trinajstić information content (AvgIpc) is 2.91. The summed E-state index contributed by atoms with van der Waals surface area (Å²) in [5.41, 5.74) is 0.829. The number of amides is 1. The van der Waals surface area contributed by atoms with E-state index in [0.29, 0.717) is 5.92 Å². The molecule has 1 unspecified atom stereocenters. The van der Waals surface area contributed by atoms with E-state index in [1.165, 1.54) is 4.70 Å². The number of hydrogen-bond donors (Lipinski definition) is 1. The van der Waals surface area contributed by atoms with Crippen LogP contribution in [0.2, 0.25) is 0 Å². The monoisotopic (exact) mass is 289 g/mol. The highest BCUT2D eigenvalue weighted by atomic mass is 32.1. The van der Waals surface area contributed by atoms with Crippen molar-refractivity contribution in [3.8, 4) is 0 Å². The first-order chi connectivity index (χ1) is 9.79. The van der Waals surface area contributed by atoms with Crippen LogP contribution in [0.4, 0.5) is 0 Å². The Hall–Kier alpha value is -1.39. The number of nitrogens with zero attached hydrogens (tertiary/aromatic N) is 1. The highest BCUT2D eigenvalue weighted by Crippen LogP contribution is 2.28. The van der Waals surface area contributed by atoms with Crippen LogP contribution in [-0.2, 0) is 0 Å². The minimum Gasteiger partial charge on any atom is -0.396 e. The summed E-state index contributed by atoms with van der Waals surface area (Å²) < 4.78 is 1.17. The summed E-state index contributed by atoms with van der Waals surface area (Å²) in [5, 5.41) is 12.1. The number of hydrogen-bond acceptors (Lipinski definition) is 3. The topological polar surface area (TPSA) is 40.5 Å². The summed E-state index contributed by atoms with van der Waals surface area (Å²) in [5.74, 6) is 0.590. The van der Waals surface area contributed by atoms with Gasteiger partial charge in [0.1, 0.15) is 0 Å². The number of fused-ring (bicyclic) bond motifs is 1. The summed E-state index contributed by atoms with van der Waals surface area (Å²) >= 11 is 1.63. The Morgan fingerprint density at radius 1 is 1.40 bits per heavy atom. The zero-order chi connectivity index (χ0) is 13.9. The molecule has 1 aromatic heterocycles. The third-order valence-corrected chi connectivity index (χ3v) is 5.02. The number of benzene rings is 1. The lowest BCUT2D eigenvalue weighted by molar-refractivity contribution is 0.0656. The Morgan fingerprint density at radius 2 is 2.25 bits per heavy atom. The lowest BCUT2D eigenvalue weighted by atomic mass is 9.94. The molecule has 2 heterocycles. The average molecular weight is 289 g/mol. The molecule has 106 valence electrons. The predicted molar refractivity (Wildman–Crippen MR) is 82.2 cm³/mol. The molecule has 0 aliphatic carbocycles. The molecular weight excluding hydrogens is 270 g/mol. The maximum atomic E-state index is 12.7. The Morgan fingerprint density at radius 3 is 3.10 bits per heavy atom. The van der Waals surface area contributed by atoms with E-state index < -0.39 is 0 Å².